The highest BCUT2D eigenvalue weighted by Crippen LogP contribution is 1.81. The van der Waals surface area contributed by atoms with Crippen molar-refractivity contribution >= 4 is 33.0 Å². The molecule has 1 N–H and O–H groups in total. The van der Waals surface area contributed by atoms with Crippen LogP contribution < -0.4 is 0 Å². The van der Waals surface area contributed by atoms with Crippen molar-refractivity contribution in [2.24, 2.45) is 0 Å². The van der Waals surface area contributed by atoms with E-state index in [0.717, 1.165) is 0 Å². The number of hydrogen-bond donors (Lipinski definition) is 1. The molecule has 0 aliphatic rings. The first kappa shape index (κ1) is 15.7. The molecule has 0 saturated carbocycles. The SMILES string of the molecule is C=C(C)C(=O)O.S.S. The minimum atomic E-state index is -0.935. The van der Waals surface area contributed by atoms with Gasteiger partial charge >= 0.3 is 5.97 Å². The van der Waals surface area contributed by atoms with E-state index < -0.39 is 5.97 Å². The van der Waals surface area contributed by atoms with E-state index in [2.05, 4.69) is 6.58 Å². The van der Waals surface area contributed by atoms with Crippen molar-refractivity contribution in [3.8, 4) is 0 Å². The molecule has 2 nitrogen and oxygen atoms in total. The van der Waals surface area contributed by atoms with E-state index in [1.165, 1.54) is 6.92 Å². The number of carboxylic acids is 1. The summed E-state index contributed by atoms with van der Waals surface area (Å²) in [6, 6.07) is 0. The summed E-state index contributed by atoms with van der Waals surface area (Å²) < 4.78 is 0. The maximum atomic E-state index is 9.60. The molecule has 8 heavy (non-hydrogen) atoms. The smallest absolute Gasteiger partial charge is 0.330 e. The lowest BCUT2D eigenvalue weighted by atomic mass is 10.4. The zero-order valence-electron chi connectivity index (χ0n) is 4.56. The molecular weight excluding hydrogens is 144 g/mol. The maximum absolute atomic E-state index is 9.60. The fourth-order valence-corrected chi connectivity index (χ4v) is 0. The van der Waals surface area contributed by atoms with Crippen LogP contribution in [0.3, 0.4) is 0 Å². The molecule has 0 aromatic heterocycles. The fraction of sp³-hybridized carbons (Fsp3) is 0.250. The van der Waals surface area contributed by atoms with E-state index in [1.807, 2.05) is 0 Å². The normalized spacial score (nSPS) is 5.62. The summed E-state index contributed by atoms with van der Waals surface area (Å²) in [5, 5.41) is 7.89. The summed E-state index contributed by atoms with van der Waals surface area (Å²) in [7, 11) is 0. The first-order chi connectivity index (χ1) is 2.64. The Bertz CT molecular complexity index is 78.0. The predicted molar refractivity (Wildman–Crippen MR) is 43.2 cm³/mol. The van der Waals surface area contributed by atoms with Crippen LogP contribution in [-0.4, -0.2) is 11.1 Å². The number of carbonyl (C=O) groups is 1. The molecule has 0 rings (SSSR count). The molecule has 0 aliphatic heterocycles. The summed E-state index contributed by atoms with van der Waals surface area (Å²) in [5.74, 6) is -0.935. The summed E-state index contributed by atoms with van der Waals surface area (Å²) >= 11 is 0. The second kappa shape index (κ2) is 6.91. The van der Waals surface area contributed by atoms with Crippen molar-refractivity contribution in [2.45, 2.75) is 6.92 Å². The highest BCUT2D eigenvalue weighted by atomic mass is 32.1. The largest absolute Gasteiger partial charge is 0.478 e. The van der Waals surface area contributed by atoms with Gasteiger partial charge in [0.15, 0.2) is 0 Å². The monoisotopic (exact) mass is 154 g/mol. The van der Waals surface area contributed by atoms with Gasteiger partial charge in [-0.25, -0.2) is 4.79 Å². The van der Waals surface area contributed by atoms with Gasteiger partial charge in [0.05, 0.1) is 0 Å². The molecule has 0 radical (unpaired) electrons. The minimum absolute atomic E-state index is 0. The Kier molecular flexibility index (Phi) is 13.5. The molecule has 0 amide bonds. The van der Waals surface area contributed by atoms with Crippen molar-refractivity contribution in [3.63, 3.8) is 0 Å². The van der Waals surface area contributed by atoms with Gasteiger partial charge in [-0.05, 0) is 6.92 Å². The molecule has 50 valence electrons. The van der Waals surface area contributed by atoms with Gasteiger partial charge in [-0.2, -0.15) is 27.0 Å². The highest BCUT2D eigenvalue weighted by molar-refractivity contribution is 7.59. The Morgan fingerprint density at radius 1 is 1.50 bits per heavy atom. The average molecular weight is 154 g/mol. The van der Waals surface area contributed by atoms with Crippen molar-refractivity contribution in [1.29, 1.82) is 0 Å². The van der Waals surface area contributed by atoms with Crippen LogP contribution in [0.2, 0.25) is 0 Å². The Morgan fingerprint density at radius 3 is 1.62 bits per heavy atom. The second-order valence-corrected chi connectivity index (χ2v) is 1.09. The Balaban J connectivity index is -0.000000125. The van der Waals surface area contributed by atoms with Gasteiger partial charge in [-0.3, -0.25) is 0 Å². The van der Waals surface area contributed by atoms with Gasteiger partial charge in [0.25, 0.3) is 0 Å². The van der Waals surface area contributed by atoms with E-state index in [0.29, 0.717) is 0 Å². The molecule has 0 aliphatic carbocycles. The molecule has 0 aromatic carbocycles. The molecule has 0 bridgehead atoms. The zero-order chi connectivity index (χ0) is 5.15. The third kappa shape index (κ3) is 9.32. The lowest BCUT2D eigenvalue weighted by molar-refractivity contribution is -0.132. The maximum Gasteiger partial charge on any atom is 0.330 e. The van der Waals surface area contributed by atoms with E-state index in [4.69, 9.17) is 5.11 Å². The highest BCUT2D eigenvalue weighted by Gasteiger charge is 1.90. The molecule has 0 atom stereocenters. The third-order valence-electron chi connectivity index (χ3n) is 0.365. The summed E-state index contributed by atoms with van der Waals surface area (Å²) in [5.41, 5.74) is 0.176. The third-order valence-corrected chi connectivity index (χ3v) is 0.365. The molecule has 0 heterocycles. The Labute approximate surface area is 62.5 Å². The van der Waals surface area contributed by atoms with Crippen LogP contribution in [0.1, 0.15) is 6.92 Å². The van der Waals surface area contributed by atoms with Gasteiger partial charge < -0.3 is 5.11 Å². The average Bonchev–Trinajstić information content (AvgIpc) is 1.36. The molecule has 0 aromatic rings. The van der Waals surface area contributed by atoms with Crippen LogP contribution in [0.15, 0.2) is 12.2 Å². The fourth-order valence-electron chi connectivity index (χ4n) is 0. The molecule has 0 saturated heterocycles. The van der Waals surface area contributed by atoms with Gasteiger partial charge in [-0.15, -0.1) is 0 Å². The molecule has 0 spiro atoms. The summed E-state index contributed by atoms with van der Waals surface area (Å²) in [6.45, 7) is 4.60. The Morgan fingerprint density at radius 2 is 1.62 bits per heavy atom. The van der Waals surface area contributed by atoms with Crippen LogP contribution in [0.5, 0.6) is 0 Å². The van der Waals surface area contributed by atoms with Crippen molar-refractivity contribution in [1.82, 2.24) is 0 Å². The zero-order valence-corrected chi connectivity index (χ0v) is 6.56. The summed E-state index contributed by atoms with van der Waals surface area (Å²) in [4.78, 5) is 9.60. The van der Waals surface area contributed by atoms with Crippen LogP contribution in [0.4, 0.5) is 0 Å². The number of aliphatic carboxylic acids is 1. The van der Waals surface area contributed by atoms with E-state index in [-0.39, 0.29) is 32.6 Å². The lowest BCUT2D eigenvalue weighted by Gasteiger charge is -1.79. The van der Waals surface area contributed by atoms with Crippen LogP contribution in [0.25, 0.3) is 0 Å². The van der Waals surface area contributed by atoms with Gasteiger partial charge in [0.2, 0.25) is 0 Å². The standard InChI is InChI=1S/C4H6O2.2H2S/c1-3(2)4(5)6;;/h1H2,2H3,(H,5,6);2*1H2. The second-order valence-electron chi connectivity index (χ2n) is 1.09. The van der Waals surface area contributed by atoms with E-state index >= 15 is 0 Å². The van der Waals surface area contributed by atoms with Crippen molar-refractivity contribution in [3.05, 3.63) is 12.2 Å². The molecule has 0 fully saturated rings. The first-order valence-electron chi connectivity index (χ1n) is 1.53. The summed E-state index contributed by atoms with van der Waals surface area (Å²) in [6.07, 6.45) is 0. The Hall–Kier alpha value is -0.0900. The van der Waals surface area contributed by atoms with Gasteiger partial charge in [0, 0.05) is 5.57 Å². The molecular formula is C4H10O2S2. The van der Waals surface area contributed by atoms with Crippen LogP contribution in [-0.2, 0) is 4.79 Å². The van der Waals surface area contributed by atoms with Gasteiger partial charge in [-0.1, -0.05) is 6.58 Å². The van der Waals surface area contributed by atoms with E-state index in [1.54, 1.807) is 0 Å². The van der Waals surface area contributed by atoms with Crippen molar-refractivity contribution < 1.29 is 9.90 Å². The van der Waals surface area contributed by atoms with Crippen LogP contribution >= 0.6 is 27.0 Å². The number of rotatable bonds is 1. The number of hydrogen-bond acceptors (Lipinski definition) is 1. The van der Waals surface area contributed by atoms with Crippen molar-refractivity contribution in [2.75, 3.05) is 0 Å². The topological polar surface area (TPSA) is 37.3 Å². The quantitative estimate of drug-likeness (QED) is 0.569. The molecule has 0 unspecified atom stereocenters. The van der Waals surface area contributed by atoms with Crippen LogP contribution in [0, 0.1) is 0 Å². The first-order valence-corrected chi connectivity index (χ1v) is 1.53. The predicted octanol–water partition coefficient (Wildman–Crippen LogP) is 0.873. The molecule has 4 heteroatoms. The van der Waals surface area contributed by atoms with Gasteiger partial charge in [0.1, 0.15) is 0 Å². The number of carboxylic acid groups (broad SMARTS) is 1. The lowest BCUT2D eigenvalue weighted by Crippen LogP contribution is -1.92. The minimum Gasteiger partial charge on any atom is -0.478 e. The van der Waals surface area contributed by atoms with E-state index in [9.17, 15) is 4.79 Å².